The molecule has 0 spiro atoms. The van der Waals surface area contributed by atoms with Gasteiger partial charge in [-0.25, -0.2) is 4.98 Å². The highest BCUT2D eigenvalue weighted by atomic mass is 16.5. The minimum absolute atomic E-state index is 0.231. The van der Waals surface area contributed by atoms with Crippen LogP contribution in [0, 0.1) is 13.8 Å². The van der Waals surface area contributed by atoms with Crippen LogP contribution in [0.4, 0.5) is 0 Å². The highest BCUT2D eigenvalue weighted by Crippen LogP contribution is 2.35. The molecule has 3 aromatic rings. The SMILES string of the molecule is CCc1ccc(-n2c(C)nnc2[C@H]2CC[C@H](Oc3ccccn3)CC2)cc1C. The molecule has 1 aliphatic carbocycles. The van der Waals surface area contributed by atoms with Gasteiger partial charge < -0.3 is 4.74 Å². The average molecular weight is 377 g/mol. The van der Waals surface area contributed by atoms with E-state index in [9.17, 15) is 0 Å². The number of aryl methyl sites for hydroxylation is 3. The number of hydrogen-bond acceptors (Lipinski definition) is 4. The third-order valence-electron chi connectivity index (χ3n) is 5.78. The fourth-order valence-corrected chi connectivity index (χ4v) is 4.20. The molecule has 5 heteroatoms. The van der Waals surface area contributed by atoms with Crippen molar-refractivity contribution in [1.29, 1.82) is 0 Å². The summed E-state index contributed by atoms with van der Waals surface area (Å²) in [7, 11) is 0. The molecular formula is C23H28N4O. The maximum absolute atomic E-state index is 6.05. The summed E-state index contributed by atoms with van der Waals surface area (Å²) in [5.41, 5.74) is 3.88. The van der Waals surface area contributed by atoms with Crippen molar-refractivity contribution >= 4 is 0 Å². The van der Waals surface area contributed by atoms with Gasteiger partial charge in [0.2, 0.25) is 5.88 Å². The second-order valence-corrected chi connectivity index (χ2v) is 7.66. The van der Waals surface area contributed by atoms with Crippen molar-refractivity contribution in [2.75, 3.05) is 0 Å². The van der Waals surface area contributed by atoms with Gasteiger partial charge in [0.1, 0.15) is 17.8 Å². The molecule has 1 fully saturated rings. The van der Waals surface area contributed by atoms with Crippen molar-refractivity contribution in [2.24, 2.45) is 0 Å². The maximum Gasteiger partial charge on any atom is 0.213 e. The van der Waals surface area contributed by atoms with E-state index in [1.54, 1.807) is 6.20 Å². The van der Waals surface area contributed by atoms with Gasteiger partial charge in [-0.2, -0.15) is 0 Å². The Morgan fingerprint density at radius 1 is 1.04 bits per heavy atom. The van der Waals surface area contributed by atoms with Crippen LogP contribution >= 0.6 is 0 Å². The van der Waals surface area contributed by atoms with Crippen molar-refractivity contribution in [3.8, 4) is 11.6 Å². The molecular weight excluding hydrogens is 348 g/mol. The van der Waals surface area contributed by atoms with Gasteiger partial charge in [-0.15, -0.1) is 10.2 Å². The number of pyridine rings is 1. The lowest BCUT2D eigenvalue weighted by atomic mass is 9.86. The number of ether oxygens (including phenoxy) is 1. The van der Waals surface area contributed by atoms with E-state index in [4.69, 9.17) is 4.74 Å². The monoisotopic (exact) mass is 376 g/mol. The molecule has 2 heterocycles. The molecule has 0 unspecified atom stereocenters. The molecule has 1 aromatic carbocycles. The van der Waals surface area contributed by atoms with Gasteiger partial charge in [0.15, 0.2) is 0 Å². The summed E-state index contributed by atoms with van der Waals surface area (Å²) in [6, 6.07) is 12.5. The number of benzene rings is 1. The van der Waals surface area contributed by atoms with Gasteiger partial charge >= 0.3 is 0 Å². The van der Waals surface area contributed by atoms with Crippen LogP contribution in [0.15, 0.2) is 42.6 Å². The predicted octanol–water partition coefficient (Wildman–Crippen LogP) is 4.95. The van der Waals surface area contributed by atoms with Crippen molar-refractivity contribution < 1.29 is 4.74 Å². The topological polar surface area (TPSA) is 52.8 Å². The third kappa shape index (κ3) is 3.79. The van der Waals surface area contributed by atoms with Crippen LogP contribution in [0.5, 0.6) is 5.88 Å². The van der Waals surface area contributed by atoms with Crippen LogP contribution in [0.3, 0.4) is 0 Å². The maximum atomic E-state index is 6.05. The first-order chi connectivity index (χ1) is 13.7. The van der Waals surface area contributed by atoms with Gasteiger partial charge in [0.25, 0.3) is 0 Å². The summed E-state index contributed by atoms with van der Waals surface area (Å²) in [5, 5.41) is 8.96. The Hall–Kier alpha value is -2.69. The fraction of sp³-hybridized carbons (Fsp3) is 0.435. The molecule has 0 bridgehead atoms. The van der Waals surface area contributed by atoms with Crippen LogP contribution in [-0.4, -0.2) is 25.9 Å². The Morgan fingerprint density at radius 3 is 2.54 bits per heavy atom. The molecule has 0 aliphatic heterocycles. The van der Waals surface area contributed by atoms with E-state index in [0.717, 1.165) is 49.6 Å². The van der Waals surface area contributed by atoms with E-state index in [-0.39, 0.29) is 6.10 Å². The highest BCUT2D eigenvalue weighted by Gasteiger charge is 2.28. The quantitative estimate of drug-likeness (QED) is 0.632. The Kier molecular flexibility index (Phi) is 5.42. The van der Waals surface area contributed by atoms with Gasteiger partial charge in [0, 0.05) is 23.9 Å². The lowest BCUT2D eigenvalue weighted by molar-refractivity contribution is 0.139. The molecule has 0 saturated heterocycles. The first-order valence-corrected chi connectivity index (χ1v) is 10.2. The van der Waals surface area contributed by atoms with E-state index in [0.29, 0.717) is 5.92 Å². The lowest BCUT2D eigenvalue weighted by Crippen LogP contribution is -2.25. The molecule has 1 aliphatic rings. The summed E-state index contributed by atoms with van der Waals surface area (Å²) in [5.74, 6) is 3.16. The highest BCUT2D eigenvalue weighted by molar-refractivity contribution is 5.42. The third-order valence-corrected chi connectivity index (χ3v) is 5.78. The second-order valence-electron chi connectivity index (χ2n) is 7.66. The van der Waals surface area contributed by atoms with Gasteiger partial charge in [0.05, 0.1) is 0 Å². The molecule has 1 saturated carbocycles. The Morgan fingerprint density at radius 2 is 1.86 bits per heavy atom. The van der Waals surface area contributed by atoms with Crippen molar-refractivity contribution in [3.63, 3.8) is 0 Å². The predicted molar refractivity (Wildman–Crippen MR) is 110 cm³/mol. The first-order valence-electron chi connectivity index (χ1n) is 10.2. The minimum Gasteiger partial charge on any atom is -0.474 e. The minimum atomic E-state index is 0.231. The Balaban J connectivity index is 1.50. The van der Waals surface area contributed by atoms with Crippen molar-refractivity contribution in [1.82, 2.24) is 19.7 Å². The zero-order valence-electron chi connectivity index (χ0n) is 16.9. The van der Waals surface area contributed by atoms with Crippen LogP contribution in [0.1, 0.15) is 61.3 Å². The molecule has 0 N–H and O–H groups in total. The summed E-state index contributed by atoms with van der Waals surface area (Å²) < 4.78 is 8.28. The standard InChI is InChI=1S/C23H28N4O/c1-4-18-8-11-20(15-16(18)2)27-17(3)25-26-23(27)19-9-12-21(13-10-19)28-22-7-5-6-14-24-22/h5-8,11,14-15,19,21H,4,9-10,12-13H2,1-3H3/t19-,21-. The van der Waals surface area contributed by atoms with Gasteiger partial charge in [-0.1, -0.05) is 19.1 Å². The van der Waals surface area contributed by atoms with Crippen molar-refractivity contribution in [2.45, 2.75) is 64.9 Å². The molecule has 0 radical (unpaired) electrons. The van der Waals surface area contributed by atoms with Crippen molar-refractivity contribution in [3.05, 3.63) is 65.4 Å². The number of rotatable bonds is 5. The smallest absolute Gasteiger partial charge is 0.213 e. The van der Waals surface area contributed by atoms with E-state index in [1.807, 2.05) is 25.1 Å². The molecule has 5 nitrogen and oxygen atoms in total. The fourth-order valence-electron chi connectivity index (χ4n) is 4.20. The van der Waals surface area contributed by atoms with Crippen LogP contribution < -0.4 is 4.74 Å². The summed E-state index contributed by atoms with van der Waals surface area (Å²) >= 11 is 0. The molecule has 28 heavy (non-hydrogen) atoms. The van der Waals surface area contributed by atoms with Crippen LogP contribution in [-0.2, 0) is 6.42 Å². The molecule has 0 atom stereocenters. The number of hydrogen-bond donors (Lipinski definition) is 0. The summed E-state index contributed by atoms with van der Waals surface area (Å²) in [6.45, 7) is 6.42. The van der Waals surface area contributed by atoms with Gasteiger partial charge in [-0.05, 0) is 75.3 Å². The normalized spacial score (nSPS) is 19.5. The van der Waals surface area contributed by atoms with Crippen LogP contribution in [0.25, 0.3) is 5.69 Å². The second kappa shape index (κ2) is 8.13. The Bertz CT molecular complexity index is 927. The van der Waals surface area contributed by atoms with E-state index < -0.39 is 0 Å². The van der Waals surface area contributed by atoms with E-state index in [1.165, 1.54) is 16.8 Å². The number of aromatic nitrogens is 4. The Labute approximate surface area is 166 Å². The summed E-state index contributed by atoms with van der Waals surface area (Å²) in [4.78, 5) is 4.28. The largest absolute Gasteiger partial charge is 0.474 e. The average Bonchev–Trinajstić information content (AvgIpc) is 3.11. The zero-order chi connectivity index (χ0) is 19.5. The molecule has 146 valence electrons. The zero-order valence-corrected chi connectivity index (χ0v) is 16.9. The van der Waals surface area contributed by atoms with E-state index in [2.05, 4.69) is 51.8 Å². The molecule has 0 amide bonds. The lowest BCUT2D eigenvalue weighted by Gasteiger charge is -2.28. The number of nitrogens with zero attached hydrogens (tertiary/aromatic N) is 4. The van der Waals surface area contributed by atoms with E-state index >= 15 is 0 Å². The molecule has 2 aromatic heterocycles. The van der Waals surface area contributed by atoms with Crippen LogP contribution in [0.2, 0.25) is 0 Å². The first kappa shape index (κ1) is 18.7. The van der Waals surface area contributed by atoms with Gasteiger partial charge in [-0.3, -0.25) is 4.57 Å². The summed E-state index contributed by atoms with van der Waals surface area (Å²) in [6.07, 6.45) is 7.21. The molecule has 4 rings (SSSR count).